The van der Waals surface area contributed by atoms with Crippen LogP contribution >= 0.6 is 0 Å². The van der Waals surface area contributed by atoms with Crippen LogP contribution in [-0.2, 0) is 6.42 Å². The molecule has 0 spiro atoms. The molecular weight excluding hydrogens is 370 g/mol. The third-order valence-corrected chi connectivity index (χ3v) is 5.63. The lowest BCUT2D eigenvalue weighted by atomic mass is 10.0. The van der Waals surface area contributed by atoms with Crippen LogP contribution in [0.2, 0.25) is 0 Å². The van der Waals surface area contributed by atoms with E-state index in [1.807, 2.05) is 48.5 Å². The van der Waals surface area contributed by atoms with E-state index >= 15 is 0 Å². The Kier molecular flexibility index (Phi) is 4.94. The van der Waals surface area contributed by atoms with Gasteiger partial charge in [0.05, 0.1) is 0 Å². The zero-order valence-electron chi connectivity index (χ0n) is 16.7. The van der Waals surface area contributed by atoms with Crippen molar-refractivity contribution in [3.8, 4) is 28.3 Å². The van der Waals surface area contributed by atoms with Crippen molar-refractivity contribution < 1.29 is 9.52 Å². The zero-order chi connectivity index (χ0) is 20.3. The summed E-state index contributed by atoms with van der Waals surface area (Å²) in [5, 5.41) is 9.81. The predicted octanol–water partition coefficient (Wildman–Crippen LogP) is 6.89. The van der Waals surface area contributed by atoms with Crippen LogP contribution in [-0.4, -0.2) is 10.1 Å². The predicted molar refractivity (Wildman–Crippen MR) is 120 cm³/mol. The van der Waals surface area contributed by atoms with E-state index in [0.717, 1.165) is 59.7 Å². The Bertz CT molecular complexity index is 1130. The van der Waals surface area contributed by atoms with E-state index in [0.29, 0.717) is 5.75 Å². The molecule has 1 heterocycles. The Hall–Kier alpha value is -3.59. The summed E-state index contributed by atoms with van der Waals surface area (Å²) in [6.45, 7) is 0. The number of nitrogens with zero attached hydrogens (tertiary/aromatic N) is 1. The van der Waals surface area contributed by atoms with Crippen LogP contribution in [0.1, 0.15) is 30.7 Å². The van der Waals surface area contributed by atoms with E-state index in [-0.39, 0.29) is 0 Å². The first-order valence-electron chi connectivity index (χ1n) is 10.4. The van der Waals surface area contributed by atoms with Crippen molar-refractivity contribution in [1.29, 1.82) is 0 Å². The molecule has 1 aliphatic carbocycles. The van der Waals surface area contributed by atoms with E-state index < -0.39 is 0 Å². The second kappa shape index (κ2) is 8.03. The average Bonchev–Trinajstić information content (AvgIpc) is 3.42. The van der Waals surface area contributed by atoms with Gasteiger partial charge < -0.3 is 9.52 Å². The van der Waals surface area contributed by atoms with Gasteiger partial charge in [-0.05, 0) is 43.4 Å². The number of hydrogen-bond acceptors (Lipinski definition) is 3. The Morgan fingerprint density at radius 3 is 2.27 bits per heavy atom. The number of benzene rings is 3. The van der Waals surface area contributed by atoms with Gasteiger partial charge in [-0.1, -0.05) is 78.4 Å². The highest BCUT2D eigenvalue weighted by Gasteiger charge is 2.24. The van der Waals surface area contributed by atoms with Crippen molar-refractivity contribution >= 4 is 5.57 Å². The highest BCUT2D eigenvalue weighted by atomic mass is 16.4. The van der Waals surface area contributed by atoms with Gasteiger partial charge in [0.25, 0.3) is 0 Å². The minimum atomic E-state index is 0.307. The largest absolute Gasteiger partial charge is 0.508 e. The number of phenolic OH excluding ortho intramolecular Hbond substituents is 1. The molecule has 0 saturated carbocycles. The first-order chi connectivity index (χ1) is 14.8. The molecule has 3 nitrogen and oxygen atoms in total. The minimum Gasteiger partial charge on any atom is -0.508 e. The van der Waals surface area contributed by atoms with Gasteiger partial charge in [-0.2, -0.15) is 0 Å². The molecule has 0 aliphatic heterocycles. The monoisotopic (exact) mass is 393 g/mol. The number of oxazole rings is 1. The van der Waals surface area contributed by atoms with Gasteiger partial charge in [0.2, 0.25) is 5.89 Å². The van der Waals surface area contributed by atoms with Crippen LogP contribution < -0.4 is 0 Å². The highest BCUT2D eigenvalue weighted by molar-refractivity contribution is 5.79. The molecule has 1 aromatic heterocycles. The molecule has 30 heavy (non-hydrogen) atoms. The van der Waals surface area contributed by atoms with Crippen molar-refractivity contribution in [2.24, 2.45) is 0 Å². The van der Waals surface area contributed by atoms with Gasteiger partial charge in [0, 0.05) is 16.7 Å². The van der Waals surface area contributed by atoms with E-state index in [2.05, 4.69) is 30.3 Å². The fourth-order valence-electron chi connectivity index (χ4n) is 4.20. The van der Waals surface area contributed by atoms with Crippen molar-refractivity contribution in [2.45, 2.75) is 25.7 Å². The molecule has 0 saturated heterocycles. The molecule has 1 N–H and O–H groups in total. The smallest absolute Gasteiger partial charge is 0.223 e. The summed E-state index contributed by atoms with van der Waals surface area (Å²) in [6.07, 6.45) is 3.92. The topological polar surface area (TPSA) is 46.3 Å². The summed E-state index contributed by atoms with van der Waals surface area (Å²) < 4.78 is 6.41. The minimum absolute atomic E-state index is 0.307. The third kappa shape index (κ3) is 3.67. The summed E-state index contributed by atoms with van der Waals surface area (Å²) in [7, 11) is 0. The number of phenols is 1. The van der Waals surface area contributed by atoms with E-state index in [4.69, 9.17) is 9.40 Å². The molecule has 0 radical (unpaired) electrons. The fraction of sp³-hybridized carbons (Fsp3) is 0.148. The molecule has 0 amide bonds. The summed E-state index contributed by atoms with van der Waals surface area (Å²) in [4.78, 5) is 4.97. The van der Waals surface area contributed by atoms with Gasteiger partial charge in [-0.25, -0.2) is 4.98 Å². The normalized spacial score (nSPS) is 13.7. The molecule has 148 valence electrons. The highest BCUT2D eigenvalue weighted by Crippen LogP contribution is 2.40. The molecule has 5 rings (SSSR count). The Balaban J connectivity index is 1.59. The Morgan fingerprint density at radius 2 is 1.53 bits per heavy atom. The molecule has 3 aromatic carbocycles. The maximum absolute atomic E-state index is 9.81. The van der Waals surface area contributed by atoms with Crippen LogP contribution in [0.5, 0.6) is 5.75 Å². The van der Waals surface area contributed by atoms with Gasteiger partial charge in [-0.15, -0.1) is 0 Å². The number of hydrogen-bond donors (Lipinski definition) is 1. The van der Waals surface area contributed by atoms with Crippen molar-refractivity contribution in [1.82, 2.24) is 4.98 Å². The SMILES string of the molecule is Oc1cccc(CC2=C(c3nc(-c4ccccc4)c(-c4ccccc4)o3)CCC2)c1. The molecule has 0 bridgehead atoms. The number of rotatable bonds is 5. The maximum atomic E-state index is 9.81. The summed E-state index contributed by atoms with van der Waals surface area (Å²) in [6, 6.07) is 27.9. The van der Waals surface area contributed by atoms with Crippen LogP contribution in [0.15, 0.2) is 94.9 Å². The van der Waals surface area contributed by atoms with Crippen molar-refractivity contribution in [3.05, 3.63) is 102 Å². The molecule has 0 fully saturated rings. The lowest BCUT2D eigenvalue weighted by molar-refractivity contribution is 0.474. The molecule has 1 aliphatic rings. The lowest BCUT2D eigenvalue weighted by Gasteiger charge is -2.06. The molecule has 4 aromatic rings. The first-order valence-corrected chi connectivity index (χ1v) is 10.4. The van der Waals surface area contributed by atoms with Crippen LogP contribution in [0.3, 0.4) is 0 Å². The Labute approximate surface area is 176 Å². The number of allylic oxidation sites excluding steroid dienone is 2. The fourth-order valence-corrected chi connectivity index (χ4v) is 4.20. The first kappa shape index (κ1) is 18.4. The number of aromatic nitrogens is 1. The zero-order valence-corrected chi connectivity index (χ0v) is 16.7. The number of aromatic hydroxyl groups is 1. The summed E-state index contributed by atoms with van der Waals surface area (Å²) in [5.41, 5.74) is 6.64. The van der Waals surface area contributed by atoms with Gasteiger partial charge >= 0.3 is 0 Å². The summed E-state index contributed by atoms with van der Waals surface area (Å²) >= 11 is 0. The van der Waals surface area contributed by atoms with Crippen molar-refractivity contribution in [2.75, 3.05) is 0 Å². The van der Waals surface area contributed by atoms with Crippen molar-refractivity contribution in [3.63, 3.8) is 0 Å². The second-order valence-electron chi connectivity index (χ2n) is 7.71. The maximum Gasteiger partial charge on any atom is 0.223 e. The third-order valence-electron chi connectivity index (χ3n) is 5.63. The van der Waals surface area contributed by atoms with Crippen LogP contribution in [0, 0.1) is 0 Å². The molecule has 0 unspecified atom stereocenters. The van der Waals surface area contributed by atoms with Crippen LogP contribution in [0.25, 0.3) is 28.2 Å². The quantitative estimate of drug-likeness (QED) is 0.401. The van der Waals surface area contributed by atoms with Gasteiger partial charge in [0.1, 0.15) is 11.4 Å². The van der Waals surface area contributed by atoms with E-state index in [9.17, 15) is 5.11 Å². The summed E-state index contributed by atoms with van der Waals surface area (Å²) in [5.74, 6) is 1.84. The van der Waals surface area contributed by atoms with E-state index in [1.54, 1.807) is 6.07 Å². The van der Waals surface area contributed by atoms with Crippen LogP contribution in [0.4, 0.5) is 0 Å². The Morgan fingerprint density at radius 1 is 0.800 bits per heavy atom. The van der Waals surface area contributed by atoms with Gasteiger partial charge in [-0.3, -0.25) is 0 Å². The average molecular weight is 393 g/mol. The van der Waals surface area contributed by atoms with Gasteiger partial charge in [0.15, 0.2) is 5.76 Å². The van der Waals surface area contributed by atoms with E-state index in [1.165, 1.54) is 11.1 Å². The lowest BCUT2D eigenvalue weighted by Crippen LogP contribution is -1.91. The molecule has 0 atom stereocenters. The molecule has 3 heteroatoms. The standard InChI is InChI=1S/C27H23NO2/c29-23-15-7-9-19(18-23)17-22-14-8-16-24(22)27-28-25(20-10-3-1-4-11-20)26(30-27)21-12-5-2-6-13-21/h1-7,9-13,15,18,29H,8,14,16-17H2. The second-order valence-corrected chi connectivity index (χ2v) is 7.71. The molecular formula is C27H23NO2.